The Morgan fingerprint density at radius 1 is 1.31 bits per heavy atom. The second-order valence-corrected chi connectivity index (χ2v) is 6.79. The third kappa shape index (κ3) is 7.83. The van der Waals surface area contributed by atoms with Gasteiger partial charge in [-0.15, -0.1) is 0 Å². The summed E-state index contributed by atoms with van der Waals surface area (Å²) in [6.07, 6.45) is 6.83. The second-order valence-electron chi connectivity index (χ2n) is 6.79. The Bertz CT molecular complexity index is 596. The number of carbonyl (C=O) groups is 2. The molecule has 5 heteroatoms. The normalized spacial score (nSPS) is 18.8. The Hall–Kier alpha value is -2.14. The SMILES string of the molecule is CC(=O)O[C@@H](C[C@H](O)CCCCc1ccccc1)C[C@H]1CC=CC(=O)O1. The minimum absolute atomic E-state index is 0.304. The van der Waals surface area contributed by atoms with Gasteiger partial charge in [0, 0.05) is 32.3 Å². The van der Waals surface area contributed by atoms with Gasteiger partial charge in [-0.2, -0.15) is 0 Å². The van der Waals surface area contributed by atoms with E-state index in [0.29, 0.717) is 25.7 Å². The molecule has 1 N–H and O–H groups in total. The highest BCUT2D eigenvalue weighted by Crippen LogP contribution is 2.20. The third-order valence-corrected chi connectivity index (χ3v) is 4.42. The van der Waals surface area contributed by atoms with Crippen LogP contribution in [0.5, 0.6) is 0 Å². The summed E-state index contributed by atoms with van der Waals surface area (Å²) >= 11 is 0. The first-order valence-electron chi connectivity index (χ1n) is 9.29. The van der Waals surface area contributed by atoms with E-state index in [9.17, 15) is 14.7 Å². The molecule has 0 radical (unpaired) electrons. The average molecular weight is 360 g/mol. The lowest BCUT2D eigenvalue weighted by Crippen LogP contribution is -2.30. The maximum atomic E-state index is 11.3. The van der Waals surface area contributed by atoms with Crippen molar-refractivity contribution < 1.29 is 24.2 Å². The van der Waals surface area contributed by atoms with E-state index in [2.05, 4.69) is 12.1 Å². The van der Waals surface area contributed by atoms with Gasteiger partial charge in [0.2, 0.25) is 0 Å². The van der Waals surface area contributed by atoms with Gasteiger partial charge in [-0.1, -0.05) is 42.8 Å². The smallest absolute Gasteiger partial charge is 0.330 e. The van der Waals surface area contributed by atoms with E-state index in [1.54, 1.807) is 6.08 Å². The predicted octanol–water partition coefficient (Wildman–Crippen LogP) is 3.34. The second kappa shape index (κ2) is 10.8. The molecular weight excluding hydrogens is 332 g/mol. The van der Waals surface area contributed by atoms with E-state index in [4.69, 9.17) is 9.47 Å². The fourth-order valence-electron chi connectivity index (χ4n) is 3.21. The van der Waals surface area contributed by atoms with Crippen molar-refractivity contribution >= 4 is 11.9 Å². The summed E-state index contributed by atoms with van der Waals surface area (Å²) < 4.78 is 10.5. The molecule has 26 heavy (non-hydrogen) atoms. The molecule has 1 aromatic rings. The molecule has 0 spiro atoms. The molecule has 1 aromatic carbocycles. The Labute approximate surface area is 155 Å². The zero-order valence-corrected chi connectivity index (χ0v) is 15.3. The minimum Gasteiger partial charge on any atom is -0.462 e. The van der Waals surface area contributed by atoms with Gasteiger partial charge in [0.25, 0.3) is 0 Å². The van der Waals surface area contributed by atoms with Crippen molar-refractivity contribution in [2.45, 2.75) is 70.2 Å². The first kappa shape index (κ1) is 20.2. The molecule has 2 rings (SSSR count). The number of esters is 2. The lowest BCUT2D eigenvalue weighted by Gasteiger charge is -2.25. The van der Waals surface area contributed by atoms with Crippen LogP contribution < -0.4 is 0 Å². The zero-order valence-electron chi connectivity index (χ0n) is 15.3. The highest BCUT2D eigenvalue weighted by atomic mass is 16.6. The van der Waals surface area contributed by atoms with Crippen LogP contribution in [0.3, 0.4) is 0 Å². The molecule has 142 valence electrons. The van der Waals surface area contributed by atoms with Crippen LogP contribution in [-0.4, -0.2) is 35.4 Å². The fraction of sp³-hybridized carbons (Fsp3) is 0.524. The van der Waals surface area contributed by atoms with E-state index >= 15 is 0 Å². The van der Waals surface area contributed by atoms with Gasteiger partial charge >= 0.3 is 11.9 Å². The van der Waals surface area contributed by atoms with Crippen LogP contribution in [0.4, 0.5) is 0 Å². The van der Waals surface area contributed by atoms with Gasteiger partial charge in [-0.3, -0.25) is 4.79 Å². The summed E-state index contributed by atoms with van der Waals surface area (Å²) in [5, 5.41) is 10.3. The Morgan fingerprint density at radius 2 is 2.08 bits per heavy atom. The molecule has 0 amide bonds. The Morgan fingerprint density at radius 3 is 2.77 bits per heavy atom. The number of rotatable bonds is 10. The summed E-state index contributed by atoms with van der Waals surface area (Å²) in [5.41, 5.74) is 1.30. The molecule has 1 heterocycles. The number of unbranched alkanes of at least 4 members (excludes halogenated alkanes) is 1. The average Bonchev–Trinajstić information content (AvgIpc) is 2.59. The Kier molecular flexibility index (Phi) is 8.35. The number of benzene rings is 1. The van der Waals surface area contributed by atoms with Crippen molar-refractivity contribution in [3.8, 4) is 0 Å². The van der Waals surface area contributed by atoms with Gasteiger partial charge in [0.1, 0.15) is 12.2 Å². The largest absolute Gasteiger partial charge is 0.462 e. The first-order valence-corrected chi connectivity index (χ1v) is 9.29. The van der Waals surface area contributed by atoms with Crippen molar-refractivity contribution in [1.29, 1.82) is 0 Å². The first-order chi connectivity index (χ1) is 12.5. The molecule has 0 fully saturated rings. The van der Waals surface area contributed by atoms with E-state index < -0.39 is 12.2 Å². The molecule has 0 unspecified atom stereocenters. The number of ether oxygens (including phenoxy) is 2. The number of aliphatic hydroxyl groups excluding tert-OH is 1. The summed E-state index contributed by atoms with van der Waals surface area (Å²) in [4.78, 5) is 22.7. The standard InChI is InChI=1S/C21H28O5/c1-16(22)25-20(15-19-12-7-13-21(24)26-19)14-18(23)11-6-5-10-17-8-3-2-4-9-17/h2-4,7-9,13,18-20,23H,5-6,10-12,14-15H2,1H3/t18-,19-,20+/m1/s1. The molecule has 0 aliphatic carbocycles. The van der Waals surface area contributed by atoms with E-state index in [-0.39, 0.29) is 18.0 Å². The molecule has 0 saturated carbocycles. The number of cyclic esters (lactones) is 1. The molecule has 1 aliphatic rings. The molecule has 3 atom stereocenters. The Balaban J connectivity index is 1.72. The lowest BCUT2D eigenvalue weighted by molar-refractivity contribution is -0.153. The van der Waals surface area contributed by atoms with Gasteiger partial charge in [0.15, 0.2) is 0 Å². The fourth-order valence-corrected chi connectivity index (χ4v) is 3.21. The van der Waals surface area contributed by atoms with Crippen LogP contribution in [0.2, 0.25) is 0 Å². The van der Waals surface area contributed by atoms with Gasteiger partial charge in [-0.05, 0) is 24.8 Å². The lowest BCUT2D eigenvalue weighted by atomic mass is 9.98. The third-order valence-electron chi connectivity index (χ3n) is 4.42. The van der Waals surface area contributed by atoms with Crippen molar-refractivity contribution in [3.05, 3.63) is 48.0 Å². The van der Waals surface area contributed by atoms with Crippen LogP contribution >= 0.6 is 0 Å². The van der Waals surface area contributed by atoms with Gasteiger partial charge in [0.05, 0.1) is 6.10 Å². The maximum absolute atomic E-state index is 11.3. The summed E-state index contributed by atoms with van der Waals surface area (Å²) in [6.45, 7) is 1.35. The summed E-state index contributed by atoms with van der Waals surface area (Å²) in [7, 11) is 0. The van der Waals surface area contributed by atoms with Crippen LogP contribution in [0.25, 0.3) is 0 Å². The van der Waals surface area contributed by atoms with Crippen molar-refractivity contribution in [2.75, 3.05) is 0 Å². The monoisotopic (exact) mass is 360 g/mol. The molecule has 0 bridgehead atoms. The van der Waals surface area contributed by atoms with Gasteiger partial charge in [-0.25, -0.2) is 4.79 Å². The quantitative estimate of drug-likeness (QED) is 0.512. The number of aryl methyl sites for hydroxylation is 1. The van der Waals surface area contributed by atoms with Crippen molar-refractivity contribution in [3.63, 3.8) is 0 Å². The number of carbonyl (C=O) groups excluding carboxylic acids is 2. The molecule has 0 saturated heterocycles. The van der Waals surface area contributed by atoms with E-state index in [0.717, 1.165) is 19.3 Å². The van der Waals surface area contributed by atoms with Crippen LogP contribution in [0.15, 0.2) is 42.5 Å². The number of aliphatic hydroxyl groups is 1. The zero-order chi connectivity index (χ0) is 18.8. The number of hydrogen-bond acceptors (Lipinski definition) is 5. The highest BCUT2D eigenvalue weighted by molar-refractivity contribution is 5.82. The van der Waals surface area contributed by atoms with Crippen molar-refractivity contribution in [1.82, 2.24) is 0 Å². The molecule has 5 nitrogen and oxygen atoms in total. The molecule has 0 aromatic heterocycles. The number of hydrogen-bond donors (Lipinski definition) is 1. The minimum atomic E-state index is -0.537. The summed E-state index contributed by atoms with van der Waals surface area (Å²) in [6, 6.07) is 10.3. The van der Waals surface area contributed by atoms with Crippen LogP contribution in [0.1, 0.15) is 51.0 Å². The van der Waals surface area contributed by atoms with E-state index in [1.807, 2.05) is 18.2 Å². The van der Waals surface area contributed by atoms with E-state index in [1.165, 1.54) is 18.6 Å². The van der Waals surface area contributed by atoms with Gasteiger partial charge < -0.3 is 14.6 Å². The molecular formula is C21H28O5. The highest BCUT2D eigenvalue weighted by Gasteiger charge is 2.25. The van der Waals surface area contributed by atoms with Crippen molar-refractivity contribution in [2.24, 2.45) is 0 Å². The van der Waals surface area contributed by atoms with Crippen LogP contribution in [0, 0.1) is 0 Å². The maximum Gasteiger partial charge on any atom is 0.330 e. The predicted molar refractivity (Wildman–Crippen MR) is 98.4 cm³/mol. The van der Waals surface area contributed by atoms with Crippen LogP contribution in [-0.2, 0) is 25.5 Å². The molecule has 1 aliphatic heterocycles. The summed E-state index contributed by atoms with van der Waals surface area (Å²) in [5.74, 6) is -0.756. The topological polar surface area (TPSA) is 72.8 Å².